The number of carbonyl (C=O) groups excluding carboxylic acids is 1. The number of piperazine rings is 1. The van der Waals surface area contributed by atoms with Gasteiger partial charge in [0.15, 0.2) is 10.9 Å². The number of anilines is 1. The largest absolute Gasteiger partial charge is 0.493 e. The molecule has 1 aliphatic heterocycles. The van der Waals surface area contributed by atoms with Crippen LogP contribution in [0.15, 0.2) is 40.9 Å². The molecule has 1 saturated heterocycles. The molecule has 1 aliphatic rings. The zero-order valence-corrected chi connectivity index (χ0v) is 17.8. The number of hydrogen-bond acceptors (Lipinski definition) is 5. The lowest BCUT2D eigenvalue weighted by molar-refractivity contribution is 0.0747. The summed E-state index contributed by atoms with van der Waals surface area (Å²) in [5.41, 5.74) is 1.50. The lowest BCUT2D eigenvalue weighted by Gasteiger charge is -2.34. The first-order valence-corrected chi connectivity index (χ1v) is 10.5. The molecule has 1 aromatic heterocycles. The van der Waals surface area contributed by atoms with Crippen LogP contribution in [0.3, 0.4) is 0 Å². The summed E-state index contributed by atoms with van der Waals surface area (Å²) >= 11 is 11.2. The van der Waals surface area contributed by atoms with Crippen LogP contribution < -0.4 is 9.64 Å². The topological polar surface area (TPSA) is 45.7 Å². The number of ether oxygens (including phenoxy) is 1. The third-order valence-electron chi connectivity index (χ3n) is 4.59. The van der Waals surface area contributed by atoms with Gasteiger partial charge in [0.05, 0.1) is 16.8 Å². The summed E-state index contributed by atoms with van der Waals surface area (Å²) in [5, 5.41) is 1.49. The predicted molar refractivity (Wildman–Crippen MR) is 113 cm³/mol. The van der Waals surface area contributed by atoms with E-state index >= 15 is 0 Å². The van der Waals surface area contributed by atoms with Crippen LogP contribution in [0.25, 0.3) is 10.2 Å². The van der Waals surface area contributed by atoms with Gasteiger partial charge in [-0.15, -0.1) is 0 Å². The molecule has 4 rings (SSSR count). The molecule has 0 spiro atoms. The van der Waals surface area contributed by atoms with Crippen molar-refractivity contribution in [2.75, 3.05) is 38.2 Å². The molecule has 1 amide bonds. The fraction of sp³-hybridized carbons (Fsp3) is 0.263. The van der Waals surface area contributed by atoms with Crippen LogP contribution in [0.5, 0.6) is 5.75 Å². The minimum absolute atomic E-state index is 0.0694. The van der Waals surface area contributed by atoms with Gasteiger partial charge in [0.1, 0.15) is 5.52 Å². The minimum atomic E-state index is 0.0694. The molecular formula is C19H17BrClN3O2S. The van der Waals surface area contributed by atoms with Gasteiger partial charge >= 0.3 is 0 Å². The monoisotopic (exact) mass is 465 g/mol. The van der Waals surface area contributed by atoms with Crippen molar-refractivity contribution in [1.82, 2.24) is 9.88 Å². The number of carbonyl (C=O) groups is 1. The summed E-state index contributed by atoms with van der Waals surface area (Å²) in [6.07, 6.45) is 0. The maximum atomic E-state index is 12.7. The van der Waals surface area contributed by atoms with Crippen LogP contribution in [0.1, 0.15) is 10.4 Å². The Hall–Kier alpha value is -1.83. The van der Waals surface area contributed by atoms with Gasteiger partial charge < -0.3 is 14.5 Å². The summed E-state index contributed by atoms with van der Waals surface area (Å²) in [6, 6.07) is 11.3. The second kappa shape index (κ2) is 7.66. The van der Waals surface area contributed by atoms with E-state index < -0.39 is 0 Å². The van der Waals surface area contributed by atoms with Crippen molar-refractivity contribution >= 4 is 60.1 Å². The van der Waals surface area contributed by atoms with Gasteiger partial charge in [-0.2, -0.15) is 0 Å². The van der Waals surface area contributed by atoms with E-state index in [2.05, 4.69) is 20.8 Å². The summed E-state index contributed by atoms with van der Waals surface area (Å²) in [5.74, 6) is 0.681. The Balaban J connectivity index is 1.48. The van der Waals surface area contributed by atoms with Crippen LogP contribution in [0.4, 0.5) is 5.13 Å². The van der Waals surface area contributed by atoms with Gasteiger partial charge in [-0.1, -0.05) is 38.9 Å². The molecular weight excluding hydrogens is 450 g/mol. The van der Waals surface area contributed by atoms with Crippen molar-refractivity contribution in [2.45, 2.75) is 0 Å². The quantitative estimate of drug-likeness (QED) is 0.562. The molecule has 0 N–H and O–H groups in total. The van der Waals surface area contributed by atoms with Crippen LogP contribution in [-0.4, -0.2) is 49.1 Å². The number of fused-ring (bicyclic) bond motifs is 1. The number of hydrogen-bond donors (Lipinski definition) is 0. The number of halogens is 2. The van der Waals surface area contributed by atoms with Crippen molar-refractivity contribution < 1.29 is 9.53 Å². The number of aromatic nitrogens is 1. The minimum Gasteiger partial charge on any atom is -0.493 e. The van der Waals surface area contributed by atoms with E-state index in [0.717, 1.165) is 32.9 Å². The van der Waals surface area contributed by atoms with Crippen molar-refractivity contribution in [1.29, 1.82) is 0 Å². The smallest absolute Gasteiger partial charge is 0.253 e. The van der Waals surface area contributed by atoms with Crippen LogP contribution in [0, 0.1) is 0 Å². The Bertz CT molecular complexity index is 985. The van der Waals surface area contributed by atoms with Gasteiger partial charge in [0, 0.05) is 36.2 Å². The molecule has 0 bridgehead atoms. The van der Waals surface area contributed by atoms with E-state index in [9.17, 15) is 4.79 Å². The number of rotatable bonds is 3. The standard InChI is InChI=1S/C19H17BrClN3O2S/c1-26-17-14(21)6-7-15-16(17)22-19(27-15)24-10-8-23(9-11-24)18(25)12-2-4-13(20)5-3-12/h2-7H,8-11H2,1H3. The Morgan fingerprint density at radius 1 is 1.15 bits per heavy atom. The third kappa shape index (κ3) is 3.63. The first kappa shape index (κ1) is 18.5. The SMILES string of the molecule is COc1c(Cl)ccc2sc(N3CCN(C(=O)c4ccc(Br)cc4)CC3)nc12. The Labute approximate surface area is 174 Å². The molecule has 27 heavy (non-hydrogen) atoms. The highest BCUT2D eigenvalue weighted by molar-refractivity contribution is 9.10. The van der Waals surface area contributed by atoms with Gasteiger partial charge in [-0.05, 0) is 36.4 Å². The summed E-state index contributed by atoms with van der Waals surface area (Å²) in [4.78, 5) is 21.5. The summed E-state index contributed by atoms with van der Waals surface area (Å²) in [7, 11) is 1.60. The number of amides is 1. The van der Waals surface area contributed by atoms with E-state index in [1.807, 2.05) is 41.3 Å². The highest BCUT2D eigenvalue weighted by atomic mass is 79.9. The molecule has 5 nitrogen and oxygen atoms in total. The normalized spacial score (nSPS) is 14.6. The fourth-order valence-corrected chi connectivity index (χ4v) is 4.65. The van der Waals surface area contributed by atoms with E-state index in [-0.39, 0.29) is 5.91 Å². The van der Waals surface area contributed by atoms with Crippen molar-refractivity contribution in [3.63, 3.8) is 0 Å². The third-order valence-corrected chi connectivity index (χ3v) is 6.50. The predicted octanol–water partition coefficient (Wildman–Crippen LogP) is 4.68. The Morgan fingerprint density at radius 3 is 2.52 bits per heavy atom. The Morgan fingerprint density at radius 2 is 1.85 bits per heavy atom. The molecule has 0 saturated carbocycles. The van der Waals surface area contributed by atoms with Crippen molar-refractivity contribution in [2.24, 2.45) is 0 Å². The lowest BCUT2D eigenvalue weighted by Crippen LogP contribution is -2.48. The summed E-state index contributed by atoms with van der Waals surface area (Å²) in [6.45, 7) is 2.84. The molecule has 1 fully saturated rings. The number of methoxy groups -OCH3 is 1. The van der Waals surface area contributed by atoms with Crippen molar-refractivity contribution in [3.05, 3.63) is 51.5 Å². The second-order valence-corrected chi connectivity index (χ2v) is 8.54. The molecule has 3 aromatic rings. The van der Waals surface area contributed by atoms with Crippen LogP contribution in [0.2, 0.25) is 5.02 Å². The average molecular weight is 467 g/mol. The first-order chi connectivity index (χ1) is 13.1. The molecule has 0 unspecified atom stereocenters. The highest BCUT2D eigenvalue weighted by Crippen LogP contribution is 2.38. The molecule has 8 heteroatoms. The lowest BCUT2D eigenvalue weighted by atomic mass is 10.2. The molecule has 2 heterocycles. The molecule has 0 atom stereocenters. The summed E-state index contributed by atoms with van der Waals surface area (Å²) < 4.78 is 7.41. The van der Waals surface area contributed by atoms with Gasteiger partial charge in [-0.3, -0.25) is 4.79 Å². The zero-order valence-electron chi connectivity index (χ0n) is 14.6. The molecule has 0 radical (unpaired) electrons. The molecule has 0 aliphatic carbocycles. The Kier molecular flexibility index (Phi) is 5.25. The average Bonchev–Trinajstić information content (AvgIpc) is 3.12. The maximum Gasteiger partial charge on any atom is 0.253 e. The van der Waals surface area contributed by atoms with E-state index in [0.29, 0.717) is 29.4 Å². The van der Waals surface area contributed by atoms with E-state index in [1.165, 1.54) is 0 Å². The van der Waals surface area contributed by atoms with Gasteiger partial charge in [0.25, 0.3) is 5.91 Å². The fourth-order valence-electron chi connectivity index (χ4n) is 3.14. The van der Waals surface area contributed by atoms with E-state index in [4.69, 9.17) is 21.3 Å². The van der Waals surface area contributed by atoms with Gasteiger partial charge in [-0.25, -0.2) is 4.98 Å². The first-order valence-electron chi connectivity index (χ1n) is 8.49. The number of nitrogens with zero attached hydrogens (tertiary/aromatic N) is 3. The number of benzene rings is 2. The highest BCUT2D eigenvalue weighted by Gasteiger charge is 2.24. The maximum absolute atomic E-state index is 12.7. The van der Waals surface area contributed by atoms with Crippen LogP contribution >= 0.6 is 38.9 Å². The number of thiazole rings is 1. The molecule has 140 valence electrons. The second-order valence-electron chi connectivity index (χ2n) is 6.21. The van der Waals surface area contributed by atoms with Gasteiger partial charge in [0.2, 0.25) is 0 Å². The van der Waals surface area contributed by atoms with E-state index in [1.54, 1.807) is 18.4 Å². The van der Waals surface area contributed by atoms with Crippen molar-refractivity contribution in [3.8, 4) is 5.75 Å². The zero-order chi connectivity index (χ0) is 19.0. The van der Waals surface area contributed by atoms with Crippen LogP contribution in [-0.2, 0) is 0 Å². The molecule has 2 aromatic carbocycles.